The van der Waals surface area contributed by atoms with E-state index in [1.54, 1.807) is 11.8 Å². The zero-order valence-electron chi connectivity index (χ0n) is 11.7. The van der Waals surface area contributed by atoms with Crippen molar-refractivity contribution in [3.05, 3.63) is 0 Å². The van der Waals surface area contributed by atoms with Gasteiger partial charge in [-0.25, -0.2) is 0 Å². The number of rotatable bonds is 10. The van der Waals surface area contributed by atoms with Crippen LogP contribution >= 0.6 is 11.8 Å². The molecule has 5 heteroatoms. The summed E-state index contributed by atoms with van der Waals surface area (Å²) >= 11 is 1.66. The van der Waals surface area contributed by atoms with Crippen molar-refractivity contribution in [2.75, 3.05) is 24.6 Å². The maximum atomic E-state index is 11.2. The summed E-state index contributed by atoms with van der Waals surface area (Å²) in [7, 11) is 0. The second-order valence-corrected chi connectivity index (χ2v) is 5.54. The smallest absolute Gasteiger partial charge is 0.229 e. The van der Waals surface area contributed by atoms with Gasteiger partial charge in [0.1, 0.15) is 5.54 Å². The van der Waals surface area contributed by atoms with Gasteiger partial charge in [-0.1, -0.05) is 6.92 Å². The Morgan fingerprint density at radius 2 is 2.06 bits per heavy atom. The predicted molar refractivity (Wildman–Crippen MR) is 77.6 cm³/mol. The van der Waals surface area contributed by atoms with Gasteiger partial charge < -0.3 is 5.32 Å². The summed E-state index contributed by atoms with van der Waals surface area (Å²) < 4.78 is 0. The third kappa shape index (κ3) is 8.37. The van der Waals surface area contributed by atoms with E-state index in [1.807, 2.05) is 20.8 Å². The average molecular weight is 271 g/mol. The Hall–Kier alpha value is -0.730. The highest BCUT2D eigenvalue weighted by Gasteiger charge is 2.20. The van der Waals surface area contributed by atoms with Crippen molar-refractivity contribution < 1.29 is 4.79 Å². The van der Waals surface area contributed by atoms with Gasteiger partial charge >= 0.3 is 0 Å². The van der Waals surface area contributed by atoms with E-state index in [-0.39, 0.29) is 5.91 Å². The SMILES string of the molecule is CCNC(=O)CSCCCCC(C)(C#N)NCC. The van der Waals surface area contributed by atoms with Crippen LogP contribution in [0.5, 0.6) is 0 Å². The van der Waals surface area contributed by atoms with Crippen molar-refractivity contribution in [1.82, 2.24) is 10.6 Å². The molecule has 0 aromatic heterocycles. The summed E-state index contributed by atoms with van der Waals surface area (Å²) in [6.07, 6.45) is 2.92. The summed E-state index contributed by atoms with van der Waals surface area (Å²) in [5.41, 5.74) is -0.404. The topological polar surface area (TPSA) is 64.9 Å². The monoisotopic (exact) mass is 271 g/mol. The van der Waals surface area contributed by atoms with Gasteiger partial charge in [0.2, 0.25) is 5.91 Å². The molecule has 0 saturated heterocycles. The van der Waals surface area contributed by atoms with E-state index in [4.69, 9.17) is 5.26 Å². The first-order valence-electron chi connectivity index (χ1n) is 6.58. The van der Waals surface area contributed by atoms with Crippen LogP contribution in [0.4, 0.5) is 0 Å². The van der Waals surface area contributed by atoms with Crippen LogP contribution in [0.2, 0.25) is 0 Å². The van der Waals surface area contributed by atoms with E-state index in [2.05, 4.69) is 16.7 Å². The van der Waals surface area contributed by atoms with Crippen molar-refractivity contribution in [2.45, 2.75) is 45.6 Å². The maximum Gasteiger partial charge on any atom is 0.229 e. The highest BCUT2D eigenvalue weighted by atomic mass is 32.2. The molecular formula is C13H25N3OS. The summed E-state index contributed by atoms with van der Waals surface area (Å²) in [5, 5.41) is 15.1. The summed E-state index contributed by atoms with van der Waals surface area (Å²) in [6.45, 7) is 7.39. The Labute approximate surface area is 115 Å². The van der Waals surface area contributed by atoms with Crippen LogP contribution in [0.1, 0.15) is 40.0 Å². The first-order valence-corrected chi connectivity index (χ1v) is 7.74. The molecule has 104 valence electrons. The number of nitriles is 1. The molecule has 0 aromatic rings. The number of carbonyl (C=O) groups is 1. The Morgan fingerprint density at radius 1 is 1.33 bits per heavy atom. The highest BCUT2D eigenvalue weighted by Crippen LogP contribution is 2.14. The molecule has 0 saturated carbocycles. The van der Waals surface area contributed by atoms with Crippen molar-refractivity contribution in [1.29, 1.82) is 5.26 Å². The van der Waals surface area contributed by atoms with Crippen molar-refractivity contribution in [3.63, 3.8) is 0 Å². The fourth-order valence-corrected chi connectivity index (χ4v) is 2.51. The number of hydrogen-bond acceptors (Lipinski definition) is 4. The van der Waals surface area contributed by atoms with Crippen LogP contribution in [0.3, 0.4) is 0 Å². The summed E-state index contributed by atoms with van der Waals surface area (Å²) in [4.78, 5) is 11.2. The van der Waals surface area contributed by atoms with E-state index in [9.17, 15) is 4.79 Å². The third-order valence-corrected chi connectivity index (χ3v) is 3.68. The summed E-state index contributed by atoms with van der Waals surface area (Å²) in [6, 6.07) is 2.32. The normalized spacial score (nSPS) is 13.7. The fourth-order valence-electron chi connectivity index (χ4n) is 1.67. The van der Waals surface area contributed by atoms with Crippen molar-refractivity contribution in [2.24, 2.45) is 0 Å². The lowest BCUT2D eigenvalue weighted by atomic mass is 9.97. The molecule has 0 spiro atoms. The largest absolute Gasteiger partial charge is 0.356 e. The van der Waals surface area contributed by atoms with Crippen LogP contribution in [0.25, 0.3) is 0 Å². The zero-order valence-corrected chi connectivity index (χ0v) is 12.5. The summed E-state index contributed by atoms with van der Waals surface area (Å²) in [5.74, 6) is 1.62. The Kier molecular flexibility index (Phi) is 9.80. The lowest BCUT2D eigenvalue weighted by Crippen LogP contribution is -2.40. The number of nitrogens with one attached hydrogen (secondary N) is 2. The molecule has 2 N–H and O–H groups in total. The zero-order chi connectivity index (χ0) is 13.9. The van der Waals surface area contributed by atoms with Gasteiger partial charge in [0.05, 0.1) is 11.8 Å². The van der Waals surface area contributed by atoms with Crippen LogP contribution in [0, 0.1) is 11.3 Å². The number of carbonyl (C=O) groups excluding carboxylic acids is 1. The molecule has 0 radical (unpaired) electrons. The molecule has 0 bridgehead atoms. The molecule has 4 nitrogen and oxygen atoms in total. The van der Waals surface area contributed by atoms with E-state index in [1.165, 1.54) is 0 Å². The fraction of sp³-hybridized carbons (Fsp3) is 0.846. The van der Waals surface area contributed by atoms with E-state index < -0.39 is 5.54 Å². The van der Waals surface area contributed by atoms with Gasteiger partial charge in [-0.05, 0) is 45.4 Å². The highest BCUT2D eigenvalue weighted by molar-refractivity contribution is 7.99. The molecule has 1 amide bonds. The molecule has 0 heterocycles. The first kappa shape index (κ1) is 17.3. The molecule has 0 aliphatic rings. The van der Waals surface area contributed by atoms with Gasteiger partial charge in [0.25, 0.3) is 0 Å². The second kappa shape index (κ2) is 10.2. The number of nitrogens with zero attached hydrogens (tertiary/aromatic N) is 1. The molecular weight excluding hydrogens is 246 g/mol. The van der Waals surface area contributed by atoms with Crippen LogP contribution in [-0.2, 0) is 4.79 Å². The Morgan fingerprint density at radius 3 is 2.61 bits per heavy atom. The third-order valence-electron chi connectivity index (χ3n) is 2.64. The molecule has 1 atom stereocenters. The standard InChI is InChI=1S/C13H25N3OS/c1-4-15-12(17)10-18-9-7-6-8-13(3,11-14)16-5-2/h16H,4-10H2,1-3H3,(H,15,17). The van der Waals surface area contributed by atoms with E-state index in [0.717, 1.165) is 31.6 Å². The average Bonchev–Trinajstić information content (AvgIpc) is 2.34. The molecule has 1 unspecified atom stereocenters. The molecule has 0 aliphatic carbocycles. The van der Waals surface area contributed by atoms with E-state index >= 15 is 0 Å². The van der Waals surface area contributed by atoms with Crippen molar-refractivity contribution in [3.8, 4) is 6.07 Å². The minimum atomic E-state index is -0.404. The van der Waals surface area contributed by atoms with Gasteiger partial charge in [0, 0.05) is 6.54 Å². The molecule has 0 aromatic carbocycles. The number of hydrogen-bond donors (Lipinski definition) is 2. The van der Waals surface area contributed by atoms with Crippen molar-refractivity contribution >= 4 is 17.7 Å². The molecule has 0 aliphatic heterocycles. The maximum absolute atomic E-state index is 11.2. The number of amides is 1. The Balaban J connectivity index is 3.56. The molecule has 0 rings (SSSR count). The minimum absolute atomic E-state index is 0.108. The number of thioether (sulfide) groups is 1. The molecule has 0 fully saturated rings. The lowest BCUT2D eigenvalue weighted by molar-refractivity contribution is -0.118. The van der Waals surface area contributed by atoms with E-state index in [0.29, 0.717) is 12.3 Å². The predicted octanol–water partition coefficient (Wildman–Crippen LogP) is 1.92. The quantitative estimate of drug-likeness (QED) is 0.596. The molecule has 18 heavy (non-hydrogen) atoms. The van der Waals surface area contributed by atoms with Crippen LogP contribution in [-0.4, -0.2) is 36.0 Å². The van der Waals surface area contributed by atoms with Crippen LogP contribution in [0.15, 0.2) is 0 Å². The number of unbranched alkanes of at least 4 members (excludes halogenated alkanes) is 1. The van der Waals surface area contributed by atoms with Gasteiger partial charge in [0.15, 0.2) is 0 Å². The van der Waals surface area contributed by atoms with Gasteiger partial charge in [-0.15, -0.1) is 0 Å². The lowest BCUT2D eigenvalue weighted by Gasteiger charge is -2.22. The van der Waals surface area contributed by atoms with Gasteiger partial charge in [-0.2, -0.15) is 17.0 Å². The Bertz CT molecular complexity index is 278. The first-order chi connectivity index (χ1) is 8.58. The van der Waals surface area contributed by atoms with Gasteiger partial charge in [-0.3, -0.25) is 10.1 Å². The second-order valence-electron chi connectivity index (χ2n) is 4.44. The van der Waals surface area contributed by atoms with Crippen LogP contribution < -0.4 is 10.6 Å². The minimum Gasteiger partial charge on any atom is -0.356 e.